The number of hydrogen-bond donors (Lipinski definition) is 1. The monoisotopic (exact) mass is 222 g/mol. The Hall–Kier alpha value is -0.960. The number of thioether (sulfide) groups is 1. The van der Waals surface area contributed by atoms with Crippen LogP contribution in [0.5, 0.6) is 0 Å². The lowest BCUT2D eigenvalue weighted by Crippen LogP contribution is -2.21. The molecule has 0 unspecified atom stereocenters. The number of benzene rings is 1. The maximum Gasteiger partial charge on any atom is 0.126 e. The zero-order valence-electron chi connectivity index (χ0n) is 9.74. The summed E-state index contributed by atoms with van der Waals surface area (Å²) < 4.78 is 0. The van der Waals surface area contributed by atoms with Crippen molar-refractivity contribution >= 4 is 17.6 Å². The van der Waals surface area contributed by atoms with E-state index < -0.39 is 0 Å². The third kappa shape index (κ3) is 3.96. The van der Waals surface area contributed by atoms with Crippen molar-refractivity contribution < 1.29 is 0 Å². The van der Waals surface area contributed by atoms with Crippen LogP contribution in [0.25, 0.3) is 0 Å². The van der Waals surface area contributed by atoms with Crippen LogP contribution in [0.3, 0.4) is 0 Å². The van der Waals surface area contributed by atoms with Gasteiger partial charge in [0.2, 0.25) is 0 Å². The lowest BCUT2D eigenvalue weighted by atomic mass is 10.1. The van der Waals surface area contributed by atoms with E-state index in [-0.39, 0.29) is 5.54 Å². The Bertz CT molecular complexity index is 347. The number of nitrogens with two attached hydrogens (primary N) is 1. The van der Waals surface area contributed by atoms with Crippen LogP contribution in [0.4, 0.5) is 0 Å². The maximum atomic E-state index is 5.92. The standard InChI is InChI=1S/C12H18N2S/c1-12(2,3)14-11(13)9-5-7-10(15-4)8-6-9/h5-8H,1-4H3,(H2,13,14). The molecule has 0 aliphatic carbocycles. The van der Waals surface area contributed by atoms with Gasteiger partial charge in [0.05, 0.1) is 5.54 Å². The van der Waals surface area contributed by atoms with Crippen LogP contribution in [0.1, 0.15) is 26.3 Å². The fourth-order valence-electron chi connectivity index (χ4n) is 1.19. The van der Waals surface area contributed by atoms with Gasteiger partial charge in [-0.3, -0.25) is 4.99 Å². The Balaban J connectivity index is 2.92. The lowest BCUT2D eigenvalue weighted by Gasteiger charge is -2.13. The summed E-state index contributed by atoms with van der Waals surface area (Å²) in [5.41, 5.74) is 6.78. The second-order valence-corrected chi connectivity index (χ2v) is 5.28. The number of amidine groups is 1. The molecule has 15 heavy (non-hydrogen) atoms. The molecule has 0 heterocycles. The van der Waals surface area contributed by atoms with E-state index in [1.165, 1.54) is 4.90 Å². The van der Waals surface area contributed by atoms with Crippen LogP contribution in [0.2, 0.25) is 0 Å². The summed E-state index contributed by atoms with van der Waals surface area (Å²) in [6.45, 7) is 6.11. The highest BCUT2D eigenvalue weighted by molar-refractivity contribution is 7.98. The average molecular weight is 222 g/mol. The van der Waals surface area contributed by atoms with E-state index in [1.807, 2.05) is 32.9 Å². The molecule has 0 amide bonds. The molecule has 0 aromatic heterocycles. The fourth-order valence-corrected chi connectivity index (χ4v) is 1.60. The highest BCUT2D eigenvalue weighted by atomic mass is 32.2. The molecule has 0 aliphatic heterocycles. The van der Waals surface area contributed by atoms with Gasteiger partial charge in [0.15, 0.2) is 0 Å². The molecular weight excluding hydrogens is 204 g/mol. The molecule has 0 saturated heterocycles. The van der Waals surface area contributed by atoms with Crippen LogP contribution < -0.4 is 5.73 Å². The van der Waals surface area contributed by atoms with Crippen LogP contribution >= 0.6 is 11.8 Å². The molecule has 1 aromatic carbocycles. The van der Waals surface area contributed by atoms with Gasteiger partial charge < -0.3 is 5.73 Å². The van der Waals surface area contributed by atoms with E-state index in [0.29, 0.717) is 5.84 Å². The third-order valence-corrected chi connectivity index (χ3v) is 2.59. The first-order chi connectivity index (χ1) is 6.92. The first-order valence-electron chi connectivity index (χ1n) is 4.92. The molecular formula is C12H18N2S. The Morgan fingerprint density at radius 2 is 1.73 bits per heavy atom. The molecule has 82 valence electrons. The summed E-state index contributed by atoms with van der Waals surface area (Å²) in [5.74, 6) is 0.607. The Morgan fingerprint density at radius 1 is 1.20 bits per heavy atom. The minimum absolute atomic E-state index is 0.123. The van der Waals surface area contributed by atoms with Gasteiger partial charge in [-0.1, -0.05) is 12.1 Å². The lowest BCUT2D eigenvalue weighted by molar-refractivity contribution is 0.583. The molecule has 0 spiro atoms. The fraction of sp³-hybridized carbons (Fsp3) is 0.417. The Morgan fingerprint density at radius 3 is 2.13 bits per heavy atom. The molecule has 0 aliphatic rings. The van der Waals surface area contributed by atoms with Gasteiger partial charge in [0, 0.05) is 10.5 Å². The molecule has 0 fully saturated rings. The van der Waals surface area contributed by atoms with Crippen molar-refractivity contribution in [2.24, 2.45) is 10.7 Å². The van der Waals surface area contributed by atoms with Gasteiger partial charge in [-0.15, -0.1) is 11.8 Å². The summed E-state index contributed by atoms with van der Waals surface area (Å²) in [4.78, 5) is 5.66. The van der Waals surface area contributed by atoms with Crippen LogP contribution in [0.15, 0.2) is 34.2 Å². The summed E-state index contributed by atoms with van der Waals surface area (Å²) in [6.07, 6.45) is 2.06. The molecule has 0 radical (unpaired) electrons. The second kappa shape index (κ2) is 4.71. The molecule has 3 heteroatoms. The van der Waals surface area contributed by atoms with Crippen molar-refractivity contribution in [3.05, 3.63) is 29.8 Å². The molecule has 0 atom stereocenters. The van der Waals surface area contributed by atoms with E-state index in [2.05, 4.69) is 23.4 Å². The van der Waals surface area contributed by atoms with E-state index in [0.717, 1.165) is 5.56 Å². The summed E-state index contributed by atoms with van der Waals surface area (Å²) >= 11 is 1.72. The van der Waals surface area contributed by atoms with Gasteiger partial charge in [-0.2, -0.15) is 0 Å². The van der Waals surface area contributed by atoms with Crippen LogP contribution in [0, 0.1) is 0 Å². The number of nitrogens with zero attached hydrogens (tertiary/aromatic N) is 1. The van der Waals surface area contributed by atoms with Crippen LogP contribution in [-0.4, -0.2) is 17.6 Å². The van der Waals surface area contributed by atoms with E-state index >= 15 is 0 Å². The third-order valence-electron chi connectivity index (χ3n) is 1.84. The van der Waals surface area contributed by atoms with E-state index in [1.54, 1.807) is 11.8 Å². The molecule has 2 nitrogen and oxygen atoms in total. The quantitative estimate of drug-likeness (QED) is 0.474. The second-order valence-electron chi connectivity index (χ2n) is 4.40. The molecule has 0 saturated carbocycles. The van der Waals surface area contributed by atoms with Gasteiger partial charge in [-0.25, -0.2) is 0 Å². The summed E-state index contributed by atoms with van der Waals surface area (Å²) in [6, 6.07) is 8.14. The van der Waals surface area contributed by atoms with Crippen molar-refractivity contribution in [1.82, 2.24) is 0 Å². The highest BCUT2D eigenvalue weighted by Crippen LogP contribution is 2.15. The van der Waals surface area contributed by atoms with Crippen molar-refractivity contribution in [2.45, 2.75) is 31.2 Å². The van der Waals surface area contributed by atoms with E-state index in [4.69, 9.17) is 5.73 Å². The Kier molecular flexibility index (Phi) is 3.80. The van der Waals surface area contributed by atoms with Gasteiger partial charge >= 0.3 is 0 Å². The summed E-state index contributed by atoms with van der Waals surface area (Å²) in [5, 5.41) is 0. The average Bonchev–Trinajstić information content (AvgIpc) is 2.15. The smallest absolute Gasteiger partial charge is 0.126 e. The van der Waals surface area contributed by atoms with Crippen molar-refractivity contribution in [2.75, 3.05) is 6.26 Å². The molecule has 1 rings (SSSR count). The predicted octanol–water partition coefficient (Wildman–Crippen LogP) is 2.91. The molecule has 0 bridgehead atoms. The van der Waals surface area contributed by atoms with E-state index in [9.17, 15) is 0 Å². The summed E-state index contributed by atoms with van der Waals surface area (Å²) in [7, 11) is 0. The van der Waals surface area contributed by atoms with Crippen molar-refractivity contribution in [3.8, 4) is 0 Å². The minimum Gasteiger partial charge on any atom is -0.383 e. The van der Waals surface area contributed by atoms with Gasteiger partial charge in [0.1, 0.15) is 5.84 Å². The predicted molar refractivity (Wildman–Crippen MR) is 68.7 cm³/mol. The number of rotatable bonds is 2. The van der Waals surface area contributed by atoms with Crippen molar-refractivity contribution in [3.63, 3.8) is 0 Å². The van der Waals surface area contributed by atoms with Crippen molar-refractivity contribution in [1.29, 1.82) is 0 Å². The van der Waals surface area contributed by atoms with Crippen LogP contribution in [-0.2, 0) is 0 Å². The minimum atomic E-state index is -0.123. The first-order valence-corrected chi connectivity index (χ1v) is 6.14. The zero-order valence-corrected chi connectivity index (χ0v) is 10.6. The molecule has 1 aromatic rings. The Labute approximate surface area is 96.0 Å². The highest BCUT2D eigenvalue weighted by Gasteiger charge is 2.08. The SMILES string of the molecule is CSc1ccc(C(N)=NC(C)(C)C)cc1. The first kappa shape index (κ1) is 12.1. The topological polar surface area (TPSA) is 38.4 Å². The number of aliphatic imine (C=N–C) groups is 1. The van der Waals surface area contributed by atoms with Gasteiger partial charge in [0.25, 0.3) is 0 Å². The van der Waals surface area contributed by atoms with Gasteiger partial charge in [-0.05, 0) is 39.2 Å². The maximum absolute atomic E-state index is 5.92. The number of hydrogen-bond acceptors (Lipinski definition) is 2. The normalized spacial score (nSPS) is 12.9. The zero-order chi connectivity index (χ0) is 11.5. The molecule has 2 N–H and O–H groups in total. The largest absolute Gasteiger partial charge is 0.383 e.